The molecule has 92 valence electrons. The molecule has 4 N–H and O–H groups in total. The van der Waals surface area contributed by atoms with Crippen LogP contribution in [0.15, 0.2) is 46.4 Å². The van der Waals surface area contributed by atoms with E-state index in [0.717, 1.165) is 4.47 Å². The molecule has 0 aromatic heterocycles. The third-order valence-electron chi connectivity index (χ3n) is 2.32. The molecule has 1 atom stereocenters. The van der Waals surface area contributed by atoms with E-state index in [2.05, 4.69) is 32.8 Å². The van der Waals surface area contributed by atoms with E-state index in [-0.39, 0.29) is 5.96 Å². The Morgan fingerprint density at radius 2 is 2.41 bits per heavy atom. The highest BCUT2D eigenvalue weighted by Gasteiger charge is 2.28. The summed E-state index contributed by atoms with van der Waals surface area (Å²) in [7, 11) is 1.55. The van der Waals surface area contributed by atoms with Gasteiger partial charge in [-0.15, -0.1) is 6.58 Å². The van der Waals surface area contributed by atoms with Crippen LogP contribution in [-0.4, -0.2) is 18.1 Å². The maximum atomic E-state index is 10.5. The summed E-state index contributed by atoms with van der Waals surface area (Å²) in [6.07, 6.45) is 1.94. The smallest absolute Gasteiger partial charge is 0.190 e. The van der Waals surface area contributed by atoms with E-state index >= 15 is 0 Å². The van der Waals surface area contributed by atoms with Gasteiger partial charge in [-0.2, -0.15) is 0 Å². The molecule has 1 aromatic rings. The Balaban J connectivity index is 3.10. The van der Waals surface area contributed by atoms with Gasteiger partial charge in [-0.1, -0.05) is 34.1 Å². The first-order chi connectivity index (χ1) is 8.01. The van der Waals surface area contributed by atoms with Gasteiger partial charge >= 0.3 is 0 Å². The second kappa shape index (κ2) is 5.84. The minimum absolute atomic E-state index is 0.175. The number of nitrogens with two attached hydrogens (primary N) is 1. The summed E-state index contributed by atoms with van der Waals surface area (Å²) < 4.78 is 0.881. The van der Waals surface area contributed by atoms with Crippen molar-refractivity contribution in [1.82, 2.24) is 5.32 Å². The van der Waals surface area contributed by atoms with Gasteiger partial charge in [-0.3, -0.25) is 4.99 Å². The van der Waals surface area contributed by atoms with Gasteiger partial charge < -0.3 is 16.2 Å². The molecule has 1 unspecified atom stereocenters. The van der Waals surface area contributed by atoms with Crippen LogP contribution < -0.4 is 11.1 Å². The van der Waals surface area contributed by atoms with Gasteiger partial charge in [-0.05, 0) is 12.1 Å². The van der Waals surface area contributed by atoms with Crippen molar-refractivity contribution in [1.29, 1.82) is 0 Å². The molecule has 4 nitrogen and oxygen atoms in total. The molecule has 0 radical (unpaired) electrons. The highest BCUT2D eigenvalue weighted by atomic mass is 79.9. The normalized spacial score (nSPS) is 15.1. The van der Waals surface area contributed by atoms with Crippen LogP contribution in [0.25, 0.3) is 0 Å². The standard InChI is InChI=1S/C12H16BrN3O/c1-3-7-12(17,16-11(14)15-2)9-5-4-6-10(13)8-9/h3-6,8,17H,1,7H2,2H3,(H3,14,15,16). The van der Waals surface area contributed by atoms with Crippen molar-refractivity contribution in [2.45, 2.75) is 12.1 Å². The Morgan fingerprint density at radius 1 is 1.71 bits per heavy atom. The minimum Gasteiger partial charge on any atom is -0.370 e. The molecular weight excluding hydrogens is 282 g/mol. The molecule has 0 saturated heterocycles. The van der Waals surface area contributed by atoms with Crippen molar-refractivity contribution in [2.24, 2.45) is 10.7 Å². The number of hydrogen-bond donors (Lipinski definition) is 3. The van der Waals surface area contributed by atoms with Crippen LogP contribution in [0.5, 0.6) is 0 Å². The molecule has 0 amide bonds. The van der Waals surface area contributed by atoms with Gasteiger partial charge in [-0.25, -0.2) is 0 Å². The fourth-order valence-corrected chi connectivity index (χ4v) is 1.86. The highest BCUT2D eigenvalue weighted by Crippen LogP contribution is 2.25. The maximum absolute atomic E-state index is 10.5. The second-order valence-corrected chi connectivity index (χ2v) is 4.51. The minimum atomic E-state index is -1.30. The zero-order valence-electron chi connectivity index (χ0n) is 9.65. The summed E-state index contributed by atoms with van der Waals surface area (Å²) in [4.78, 5) is 3.78. The molecule has 0 fully saturated rings. The molecule has 1 aromatic carbocycles. The Hall–Kier alpha value is -1.33. The highest BCUT2D eigenvalue weighted by molar-refractivity contribution is 9.10. The summed E-state index contributed by atoms with van der Waals surface area (Å²) >= 11 is 3.36. The van der Waals surface area contributed by atoms with Crippen LogP contribution in [-0.2, 0) is 5.72 Å². The fourth-order valence-electron chi connectivity index (χ4n) is 1.46. The summed E-state index contributed by atoms with van der Waals surface area (Å²) in [5, 5.41) is 13.3. The van der Waals surface area contributed by atoms with Crippen molar-refractivity contribution < 1.29 is 5.11 Å². The number of aliphatic imine (C=N–C) groups is 1. The zero-order chi connectivity index (χ0) is 12.9. The van der Waals surface area contributed by atoms with E-state index in [1.165, 1.54) is 0 Å². The van der Waals surface area contributed by atoms with E-state index in [4.69, 9.17) is 5.73 Å². The van der Waals surface area contributed by atoms with E-state index in [1.807, 2.05) is 24.3 Å². The topological polar surface area (TPSA) is 70.6 Å². The monoisotopic (exact) mass is 297 g/mol. The predicted molar refractivity (Wildman–Crippen MR) is 73.5 cm³/mol. The molecule has 5 heteroatoms. The average Bonchev–Trinajstić information content (AvgIpc) is 2.29. The maximum Gasteiger partial charge on any atom is 0.190 e. The summed E-state index contributed by atoms with van der Waals surface area (Å²) in [6.45, 7) is 3.63. The fraction of sp³-hybridized carbons (Fsp3) is 0.250. The molecule has 1 rings (SSSR count). The van der Waals surface area contributed by atoms with Gasteiger partial charge in [0.2, 0.25) is 0 Å². The average molecular weight is 298 g/mol. The number of guanidine groups is 1. The van der Waals surface area contributed by atoms with E-state index in [9.17, 15) is 5.11 Å². The molecule has 0 aliphatic rings. The van der Waals surface area contributed by atoms with E-state index < -0.39 is 5.72 Å². The molecule has 0 bridgehead atoms. The molecular formula is C12H16BrN3O. The van der Waals surface area contributed by atoms with Gasteiger partial charge in [0.1, 0.15) is 0 Å². The van der Waals surface area contributed by atoms with Crippen molar-refractivity contribution >= 4 is 21.9 Å². The lowest BCUT2D eigenvalue weighted by Crippen LogP contribution is -2.48. The molecule has 17 heavy (non-hydrogen) atoms. The Bertz CT molecular complexity index is 434. The summed E-state index contributed by atoms with van der Waals surface area (Å²) in [5.41, 5.74) is 4.99. The SMILES string of the molecule is C=CCC(O)(NC(N)=NC)c1cccc(Br)c1. The lowest BCUT2D eigenvalue weighted by atomic mass is 9.99. The third-order valence-corrected chi connectivity index (χ3v) is 2.81. The van der Waals surface area contributed by atoms with Crippen LogP contribution in [0.1, 0.15) is 12.0 Å². The number of halogens is 1. The van der Waals surface area contributed by atoms with Crippen LogP contribution in [0.2, 0.25) is 0 Å². The molecule has 0 heterocycles. The van der Waals surface area contributed by atoms with Gasteiger partial charge in [0.25, 0.3) is 0 Å². The first-order valence-corrected chi connectivity index (χ1v) is 5.91. The molecule has 0 aliphatic heterocycles. The number of rotatable bonds is 4. The molecule has 0 aliphatic carbocycles. The van der Waals surface area contributed by atoms with Crippen LogP contribution in [0.4, 0.5) is 0 Å². The van der Waals surface area contributed by atoms with Crippen molar-refractivity contribution in [3.8, 4) is 0 Å². The Labute approximate surface area is 109 Å². The second-order valence-electron chi connectivity index (χ2n) is 3.60. The Morgan fingerprint density at radius 3 is 2.94 bits per heavy atom. The van der Waals surface area contributed by atoms with Crippen LogP contribution >= 0.6 is 15.9 Å². The largest absolute Gasteiger partial charge is 0.370 e. The first-order valence-electron chi connectivity index (χ1n) is 5.11. The van der Waals surface area contributed by atoms with Gasteiger partial charge in [0, 0.05) is 23.5 Å². The molecule has 0 saturated carbocycles. The molecule has 0 spiro atoms. The van der Waals surface area contributed by atoms with Crippen molar-refractivity contribution in [3.05, 3.63) is 47.0 Å². The quantitative estimate of drug-likeness (QED) is 0.343. The lowest BCUT2D eigenvalue weighted by molar-refractivity contribution is 0.0232. The van der Waals surface area contributed by atoms with E-state index in [1.54, 1.807) is 13.1 Å². The predicted octanol–water partition coefficient (Wildman–Crippen LogP) is 1.70. The summed E-state index contributed by atoms with van der Waals surface area (Å²) in [5.74, 6) is 0.175. The lowest BCUT2D eigenvalue weighted by Gasteiger charge is -2.29. The summed E-state index contributed by atoms with van der Waals surface area (Å²) in [6, 6.07) is 7.35. The Kier molecular flexibility index (Phi) is 4.72. The van der Waals surface area contributed by atoms with Gasteiger partial charge in [0.15, 0.2) is 11.7 Å². The van der Waals surface area contributed by atoms with Crippen molar-refractivity contribution in [2.75, 3.05) is 7.05 Å². The number of benzene rings is 1. The number of hydrogen-bond acceptors (Lipinski definition) is 2. The van der Waals surface area contributed by atoms with Crippen molar-refractivity contribution in [3.63, 3.8) is 0 Å². The number of nitrogens with zero attached hydrogens (tertiary/aromatic N) is 1. The first kappa shape index (κ1) is 13.7. The van der Waals surface area contributed by atoms with Gasteiger partial charge in [0.05, 0.1) is 0 Å². The third kappa shape index (κ3) is 3.57. The number of aliphatic hydroxyl groups is 1. The van der Waals surface area contributed by atoms with E-state index in [0.29, 0.717) is 12.0 Å². The number of nitrogens with one attached hydrogen (secondary N) is 1. The van der Waals surface area contributed by atoms with Crippen LogP contribution in [0, 0.1) is 0 Å². The zero-order valence-corrected chi connectivity index (χ0v) is 11.2. The van der Waals surface area contributed by atoms with Crippen LogP contribution in [0.3, 0.4) is 0 Å².